The maximum absolute atomic E-state index is 5.37. The molecule has 0 bridgehead atoms. The van der Waals surface area contributed by atoms with Gasteiger partial charge < -0.3 is 4.74 Å². The lowest BCUT2D eigenvalue weighted by Gasteiger charge is -2.15. The molecule has 0 aliphatic carbocycles. The standard InChI is InChI=1S/C24H18O/c1-15-14-19(25-2)10-13-20(15)21-11-8-18-7-6-16-4-3-5-17-9-12-22(21)24(18)23(16)17/h3-14H,1-2H3. The van der Waals surface area contributed by atoms with Crippen molar-refractivity contribution in [3.8, 4) is 16.9 Å². The average Bonchev–Trinajstić information content (AvgIpc) is 2.66. The molecule has 5 aromatic carbocycles. The molecule has 0 aromatic heterocycles. The van der Waals surface area contributed by atoms with E-state index in [2.05, 4.69) is 73.7 Å². The molecule has 25 heavy (non-hydrogen) atoms. The first-order chi connectivity index (χ1) is 12.3. The monoisotopic (exact) mass is 322 g/mol. The van der Waals surface area contributed by atoms with Gasteiger partial charge in [-0.25, -0.2) is 0 Å². The van der Waals surface area contributed by atoms with E-state index in [0.29, 0.717) is 0 Å². The lowest BCUT2D eigenvalue weighted by atomic mass is 9.89. The fraction of sp³-hybridized carbons (Fsp3) is 0.0833. The summed E-state index contributed by atoms with van der Waals surface area (Å²) in [4.78, 5) is 0. The van der Waals surface area contributed by atoms with Crippen LogP contribution in [0, 0.1) is 6.92 Å². The SMILES string of the molecule is COc1ccc(-c2ccc3ccc4cccc5ccc2c3c45)c(C)c1. The van der Waals surface area contributed by atoms with Gasteiger partial charge in [0.15, 0.2) is 0 Å². The largest absolute Gasteiger partial charge is 0.497 e. The normalized spacial score (nSPS) is 11.6. The van der Waals surface area contributed by atoms with E-state index in [1.165, 1.54) is 49.0 Å². The Bertz CT molecular complexity index is 1220. The second-order valence-corrected chi connectivity index (χ2v) is 6.65. The maximum Gasteiger partial charge on any atom is 0.119 e. The second kappa shape index (κ2) is 5.22. The third-order valence-corrected chi connectivity index (χ3v) is 5.25. The van der Waals surface area contributed by atoms with E-state index in [4.69, 9.17) is 4.74 Å². The van der Waals surface area contributed by atoms with Gasteiger partial charge in [0.1, 0.15) is 5.75 Å². The number of rotatable bonds is 2. The van der Waals surface area contributed by atoms with Crippen LogP contribution in [0.25, 0.3) is 43.4 Å². The molecule has 0 saturated carbocycles. The van der Waals surface area contributed by atoms with Crippen molar-refractivity contribution in [2.45, 2.75) is 6.92 Å². The van der Waals surface area contributed by atoms with Crippen LogP contribution < -0.4 is 4.74 Å². The van der Waals surface area contributed by atoms with Crippen molar-refractivity contribution in [3.63, 3.8) is 0 Å². The molecule has 0 aliphatic heterocycles. The highest BCUT2D eigenvalue weighted by molar-refractivity contribution is 6.25. The van der Waals surface area contributed by atoms with Crippen LogP contribution >= 0.6 is 0 Å². The first-order valence-corrected chi connectivity index (χ1v) is 8.58. The summed E-state index contributed by atoms with van der Waals surface area (Å²) in [5, 5.41) is 7.96. The molecule has 5 rings (SSSR count). The zero-order valence-electron chi connectivity index (χ0n) is 14.3. The number of benzene rings is 5. The maximum atomic E-state index is 5.37. The predicted molar refractivity (Wildman–Crippen MR) is 107 cm³/mol. The third-order valence-electron chi connectivity index (χ3n) is 5.25. The first kappa shape index (κ1) is 14.3. The third kappa shape index (κ3) is 2.02. The van der Waals surface area contributed by atoms with Gasteiger partial charge in [-0.1, -0.05) is 60.7 Å². The summed E-state index contributed by atoms with van der Waals surface area (Å²) in [5.41, 5.74) is 3.78. The van der Waals surface area contributed by atoms with Crippen molar-refractivity contribution >= 4 is 32.3 Å². The van der Waals surface area contributed by atoms with Gasteiger partial charge in [0.25, 0.3) is 0 Å². The fourth-order valence-electron chi connectivity index (χ4n) is 4.04. The smallest absolute Gasteiger partial charge is 0.119 e. The van der Waals surface area contributed by atoms with Crippen molar-refractivity contribution in [1.82, 2.24) is 0 Å². The summed E-state index contributed by atoms with van der Waals surface area (Å²) in [6.07, 6.45) is 0. The summed E-state index contributed by atoms with van der Waals surface area (Å²) in [6.45, 7) is 2.15. The Morgan fingerprint density at radius 2 is 1.28 bits per heavy atom. The minimum Gasteiger partial charge on any atom is -0.497 e. The molecule has 0 fully saturated rings. The topological polar surface area (TPSA) is 9.23 Å². The summed E-state index contributed by atoms with van der Waals surface area (Å²) < 4.78 is 5.37. The van der Waals surface area contributed by atoms with Crippen LogP contribution in [0.15, 0.2) is 72.8 Å². The molecule has 0 heterocycles. The van der Waals surface area contributed by atoms with E-state index in [-0.39, 0.29) is 0 Å². The van der Waals surface area contributed by atoms with E-state index in [9.17, 15) is 0 Å². The number of hydrogen-bond acceptors (Lipinski definition) is 1. The molecule has 0 aliphatic rings. The van der Waals surface area contributed by atoms with Crippen LogP contribution in [0.5, 0.6) is 5.75 Å². The second-order valence-electron chi connectivity index (χ2n) is 6.65. The van der Waals surface area contributed by atoms with Gasteiger partial charge in [0.05, 0.1) is 7.11 Å². The minimum atomic E-state index is 0.902. The van der Waals surface area contributed by atoms with E-state index < -0.39 is 0 Å². The Balaban J connectivity index is 1.91. The molecule has 0 saturated heterocycles. The van der Waals surface area contributed by atoms with Gasteiger partial charge in [-0.2, -0.15) is 0 Å². The van der Waals surface area contributed by atoms with Gasteiger partial charge in [-0.05, 0) is 68.1 Å². The number of aryl methyl sites for hydroxylation is 1. The molecule has 0 amide bonds. The molecular formula is C24H18O. The van der Waals surface area contributed by atoms with E-state index >= 15 is 0 Å². The van der Waals surface area contributed by atoms with Gasteiger partial charge in [0.2, 0.25) is 0 Å². The number of ether oxygens (including phenoxy) is 1. The Morgan fingerprint density at radius 1 is 0.640 bits per heavy atom. The highest BCUT2D eigenvalue weighted by Gasteiger charge is 2.13. The van der Waals surface area contributed by atoms with Gasteiger partial charge in [-0.3, -0.25) is 0 Å². The Hall–Kier alpha value is -3.06. The lowest BCUT2D eigenvalue weighted by Crippen LogP contribution is -1.90. The van der Waals surface area contributed by atoms with Crippen LogP contribution in [0.1, 0.15) is 5.56 Å². The van der Waals surface area contributed by atoms with Crippen molar-refractivity contribution in [2.24, 2.45) is 0 Å². The quantitative estimate of drug-likeness (QED) is 0.334. The van der Waals surface area contributed by atoms with Crippen molar-refractivity contribution in [2.75, 3.05) is 7.11 Å². The lowest BCUT2D eigenvalue weighted by molar-refractivity contribution is 0.414. The molecule has 1 heteroatoms. The highest BCUT2D eigenvalue weighted by Crippen LogP contribution is 2.40. The summed E-state index contributed by atoms with van der Waals surface area (Å²) in [7, 11) is 1.71. The van der Waals surface area contributed by atoms with Crippen LogP contribution in [0.2, 0.25) is 0 Å². The molecular weight excluding hydrogens is 304 g/mol. The van der Waals surface area contributed by atoms with E-state index in [0.717, 1.165) is 5.75 Å². The van der Waals surface area contributed by atoms with Crippen LogP contribution in [0.4, 0.5) is 0 Å². The van der Waals surface area contributed by atoms with Crippen molar-refractivity contribution < 1.29 is 4.74 Å². The molecule has 5 aromatic rings. The fourth-order valence-corrected chi connectivity index (χ4v) is 4.04. The van der Waals surface area contributed by atoms with E-state index in [1.54, 1.807) is 7.11 Å². The molecule has 0 spiro atoms. The van der Waals surface area contributed by atoms with Gasteiger partial charge >= 0.3 is 0 Å². The summed E-state index contributed by atoms with van der Waals surface area (Å²) in [5.74, 6) is 0.902. The first-order valence-electron chi connectivity index (χ1n) is 8.58. The predicted octanol–water partition coefficient (Wildman–Crippen LogP) is 6.57. The molecule has 120 valence electrons. The molecule has 0 N–H and O–H groups in total. The van der Waals surface area contributed by atoms with Gasteiger partial charge in [-0.15, -0.1) is 0 Å². The Morgan fingerprint density at radius 3 is 2.00 bits per heavy atom. The van der Waals surface area contributed by atoms with E-state index in [1.807, 2.05) is 6.07 Å². The molecule has 0 unspecified atom stereocenters. The highest BCUT2D eigenvalue weighted by atomic mass is 16.5. The van der Waals surface area contributed by atoms with Crippen molar-refractivity contribution in [3.05, 3.63) is 78.4 Å². The number of hydrogen-bond donors (Lipinski definition) is 0. The molecule has 1 nitrogen and oxygen atoms in total. The molecule has 0 radical (unpaired) electrons. The zero-order chi connectivity index (χ0) is 17.0. The summed E-state index contributed by atoms with van der Waals surface area (Å²) in [6, 6.07) is 26.3. The van der Waals surface area contributed by atoms with Crippen LogP contribution in [-0.2, 0) is 0 Å². The summed E-state index contributed by atoms with van der Waals surface area (Å²) >= 11 is 0. The van der Waals surface area contributed by atoms with Gasteiger partial charge in [0, 0.05) is 0 Å². The number of methoxy groups -OCH3 is 1. The average molecular weight is 322 g/mol. The Kier molecular flexibility index (Phi) is 2.98. The van der Waals surface area contributed by atoms with Crippen molar-refractivity contribution in [1.29, 1.82) is 0 Å². The molecule has 0 atom stereocenters. The minimum absolute atomic E-state index is 0.902. The Labute approximate surface area is 146 Å². The van der Waals surface area contributed by atoms with Crippen LogP contribution in [-0.4, -0.2) is 7.11 Å². The zero-order valence-corrected chi connectivity index (χ0v) is 14.3. The van der Waals surface area contributed by atoms with Crippen LogP contribution in [0.3, 0.4) is 0 Å².